The van der Waals surface area contributed by atoms with Crippen molar-refractivity contribution in [2.75, 3.05) is 14.2 Å². The van der Waals surface area contributed by atoms with Crippen molar-refractivity contribution in [3.8, 4) is 28.7 Å². The number of hydrogen-bond donors (Lipinski definition) is 2. The number of carbonyl (C=O) groups excluding carboxylic acids is 1. The minimum atomic E-state index is -0.401. The summed E-state index contributed by atoms with van der Waals surface area (Å²) in [6.45, 7) is 0. The van der Waals surface area contributed by atoms with Crippen molar-refractivity contribution >= 4 is 5.97 Å². The van der Waals surface area contributed by atoms with Crippen LogP contribution in [0, 0.1) is 0 Å². The Morgan fingerprint density at radius 2 is 1.87 bits per heavy atom. The van der Waals surface area contributed by atoms with Gasteiger partial charge in [0.1, 0.15) is 17.2 Å². The first-order valence-corrected chi connectivity index (χ1v) is 7.02. The third-order valence-electron chi connectivity index (χ3n) is 3.88. The molecule has 1 heterocycles. The van der Waals surface area contributed by atoms with Gasteiger partial charge in [0.15, 0.2) is 11.5 Å². The van der Waals surface area contributed by atoms with Gasteiger partial charge in [-0.15, -0.1) is 0 Å². The Morgan fingerprint density at radius 3 is 2.57 bits per heavy atom. The molecule has 6 heteroatoms. The third kappa shape index (κ3) is 2.63. The molecule has 2 N–H and O–H groups in total. The molecule has 23 heavy (non-hydrogen) atoms. The van der Waals surface area contributed by atoms with Gasteiger partial charge in [0.2, 0.25) is 0 Å². The van der Waals surface area contributed by atoms with Gasteiger partial charge in [-0.3, -0.25) is 4.79 Å². The van der Waals surface area contributed by atoms with E-state index in [-0.39, 0.29) is 23.7 Å². The van der Waals surface area contributed by atoms with Crippen LogP contribution in [0.15, 0.2) is 30.3 Å². The Balaban J connectivity index is 2.14. The first kappa shape index (κ1) is 15.0. The zero-order valence-corrected chi connectivity index (χ0v) is 12.7. The molecule has 0 amide bonds. The number of hydrogen-bond acceptors (Lipinski definition) is 6. The maximum Gasteiger partial charge on any atom is 0.312 e. The number of ether oxygens (including phenoxy) is 3. The van der Waals surface area contributed by atoms with Crippen LogP contribution < -0.4 is 14.2 Å². The minimum absolute atomic E-state index is 0.00816. The van der Waals surface area contributed by atoms with E-state index in [2.05, 4.69) is 0 Å². The molecule has 2 aromatic carbocycles. The number of carbonyl (C=O) groups is 1. The number of benzene rings is 2. The maximum atomic E-state index is 11.9. The van der Waals surface area contributed by atoms with Gasteiger partial charge < -0.3 is 24.4 Å². The molecule has 3 rings (SSSR count). The molecule has 0 aliphatic carbocycles. The van der Waals surface area contributed by atoms with Gasteiger partial charge in [0.05, 0.1) is 20.6 Å². The second-order valence-electron chi connectivity index (χ2n) is 5.22. The fraction of sp³-hybridized carbons (Fsp3) is 0.235. The van der Waals surface area contributed by atoms with Crippen molar-refractivity contribution < 1.29 is 29.2 Å². The Morgan fingerprint density at radius 1 is 1.09 bits per heavy atom. The Bertz CT molecular complexity index is 768. The van der Waals surface area contributed by atoms with Crippen LogP contribution in [-0.2, 0) is 4.79 Å². The van der Waals surface area contributed by atoms with E-state index in [9.17, 15) is 15.0 Å². The van der Waals surface area contributed by atoms with E-state index in [4.69, 9.17) is 14.2 Å². The van der Waals surface area contributed by atoms with Crippen molar-refractivity contribution in [2.45, 2.75) is 12.3 Å². The van der Waals surface area contributed by atoms with Crippen LogP contribution in [-0.4, -0.2) is 30.4 Å². The summed E-state index contributed by atoms with van der Waals surface area (Å²) in [6.07, 6.45) is 0.0841. The summed E-state index contributed by atoms with van der Waals surface area (Å²) in [5, 5.41) is 20.0. The molecule has 0 unspecified atom stereocenters. The lowest BCUT2D eigenvalue weighted by molar-refractivity contribution is -0.135. The quantitative estimate of drug-likeness (QED) is 0.668. The van der Waals surface area contributed by atoms with Gasteiger partial charge in [-0.25, -0.2) is 0 Å². The van der Waals surface area contributed by atoms with Crippen LogP contribution in [0.2, 0.25) is 0 Å². The highest BCUT2D eigenvalue weighted by molar-refractivity contribution is 5.79. The average Bonchev–Trinajstić information content (AvgIpc) is 2.53. The number of phenols is 2. The van der Waals surface area contributed by atoms with Gasteiger partial charge in [-0.2, -0.15) is 0 Å². The summed E-state index contributed by atoms with van der Waals surface area (Å²) in [6, 6.07) is 7.87. The second-order valence-corrected chi connectivity index (χ2v) is 5.22. The summed E-state index contributed by atoms with van der Waals surface area (Å²) in [5.74, 6) is 0.177. The highest BCUT2D eigenvalue weighted by Gasteiger charge is 2.32. The Kier molecular flexibility index (Phi) is 3.73. The molecule has 2 aromatic rings. The number of rotatable bonds is 3. The van der Waals surface area contributed by atoms with E-state index in [1.54, 1.807) is 18.2 Å². The molecule has 0 fully saturated rings. The Labute approximate surface area is 132 Å². The van der Waals surface area contributed by atoms with Crippen molar-refractivity contribution in [3.05, 3.63) is 41.5 Å². The van der Waals surface area contributed by atoms with Crippen molar-refractivity contribution in [3.63, 3.8) is 0 Å². The predicted molar refractivity (Wildman–Crippen MR) is 81.4 cm³/mol. The van der Waals surface area contributed by atoms with Crippen LogP contribution in [0.3, 0.4) is 0 Å². The molecule has 0 radical (unpaired) electrons. The zero-order valence-electron chi connectivity index (χ0n) is 12.7. The fourth-order valence-corrected chi connectivity index (χ4v) is 2.77. The van der Waals surface area contributed by atoms with Crippen LogP contribution in [0.4, 0.5) is 0 Å². The molecule has 1 aliphatic rings. The number of methoxy groups -OCH3 is 2. The normalized spacial score (nSPS) is 16.4. The van der Waals surface area contributed by atoms with Crippen molar-refractivity contribution in [2.24, 2.45) is 0 Å². The van der Waals surface area contributed by atoms with Gasteiger partial charge in [-0.05, 0) is 17.7 Å². The first-order chi connectivity index (χ1) is 11.0. The van der Waals surface area contributed by atoms with Crippen LogP contribution in [0.25, 0.3) is 0 Å². The van der Waals surface area contributed by atoms with Crippen LogP contribution in [0.1, 0.15) is 23.5 Å². The van der Waals surface area contributed by atoms with Crippen LogP contribution >= 0.6 is 0 Å². The number of esters is 1. The molecular weight excluding hydrogens is 300 g/mol. The molecule has 120 valence electrons. The smallest absolute Gasteiger partial charge is 0.312 e. The average molecular weight is 316 g/mol. The lowest BCUT2D eigenvalue weighted by Gasteiger charge is -2.26. The molecule has 0 bridgehead atoms. The molecule has 0 aromatic heterocycles. The van der Waals surface area contributed by atoms with E-state index in [0.29, 0.717) is 17.1 Å². The van der Waals surface area contributed by atoms with Crippen molar-refractivity contribution in [1.82, 2.24) is 0 Å². The summed E-state index contributed by atoms with van der Waals surface area (Å²) in [7, 11) is 2.92. The van der Waals surface area contributed by atoms with E-state index >= 15 is 0 Å². The predicted octanol–water partition coefficient (Wildman–Crippen LogP) is 2.56. The highest BCUT2D eigenvalue weighted by atomic mass is 16.5. The molecule has 1 aliphatic heterocycles. The Hall–Kier alpha value is -2.89. The summed E-state index contributed by atoms with van der Waals surface area (Å²) < 4.78 is 15.4. The van der Waals surface area contributed by atoms with Gasteiger partial charge >= 0.3 is 5.97 Å². The van der Waals surface area contributed by atoms with Gasteiger partial charge in [0.25, 0.3) is 0 Å². The summed E-state index contributed by atoms with van der Waals surface area (Å²) >= 11 is 0. The topological polar surface area (TPSA) is 85.2 Å². The zero-order chi connectivity index (χ0) is 16.6. The maximum absolute atomic E-state index is 11.9. The summed E-state index contributed by atoms with van der Waals surface area (Å²) in [4.78, 5) is 11.9. The molecular formula is C17H16O6. The molecule has 1 atom stereocenters. The fourth-order valence-electron chi connectivity index (χ4n) is 2.77. The monoisotopic (exact) mass is 316 g/mol. The largest absolute Gasteiger partial charge is 0.507 e. The number of aromatic hydroxyl groups is 2. The minimum Gasteiger partial charge on any atom is -0.507 e. The van der Waals surface area contributed by atoms with E-state index < -0.39 is 11.9 Å². The summed E-state index contributed by atoms with van der Waals surface area (Å²) in [5.41, 5.74) is 1.25. The van der Waals surface area contributed by atoms with Crippen molar-refractivity contribution in [1.29, 1.82) is 0 Å². The molecule has 0 saturated heterocycles. The van der Waals surface area contributed by atoms with E-state index in [1.165, 1.54) is 26.4 Å². The second kappa shape index (κ2) is 5.72. The standard InChI is InChI=1S/C17H16O6/c1-21-10-6-13(19)17-11(8-16(20)23-15(17)7-10)9-3-4-12(18)14(5-9)22-2/h3-7,11,18-19H,8H2,1-2H3/t11-/m1/s1. The lowest BCUT2D eigenvalue weighted by Crippen LogP contribution is -2.21. The van der Waals surface area contributed by atoms with Crippen LogP contribution in [0.5, 0.6) is 28.7 Å². The van der Waals surface area contributed by atoms with E-state index in [0.717, 1.165) is 5.56 Å². The highest BCUT2D eigenvalue weighted by Crippen LogP contribution is 2.46. The third-order valence-corrected chi connectivity index (χ3v) is 3.88. The molecule has 0 spiro atoms. The molecule has 0 saturated carbocycles. The lowest BCUT2D eigenvalue weighted by atomic mass is 9.85. The van der Waals surface area contributed by atoms with Gasteiger partial charge in [-0.1, -0.05) is 6.07 Å². The number of phenolic OH excluding ortho intramolecular Hbond substituents is 2. The first-order valence-electron chi connectivity index (χ1n) is 7.02. The van der Waals surface area contributed by atoms with E-state index in [1.807, 2.05) is 0 Å². The molecule has 6 nitrogen and oxygen atoms in total. The SMILES string of the molecule is COc1cc(O)c2c(c1)OC(=O)C[C@@H]2c1ccc(O)c(OC)c1. The van der Waals surface area contributed by atoms with Gasteiger partial charge in [0, 0.05) is 23.6 Å². The number of fused-ring (bicyclic) bond motifs is 1.